The molecular formula is C44H30Cl4N12Na4O16S4. The second-order valence-electron chi connectivity index (χ2n) is 16.3. The van der Waals surface area contributed by atoms with Gasteiger partial charge in [0.05, 0.1) is 45.8 Å². The number of aromatic amines is 2. The van der Waals surface area contributed by atoms with Gasteiger partial charge in [0.1, 0.15) is 52.9 Å². The number of fused-ring (bicyclic) bond motifs is 2. The van der Waals surface area contributed by atoms with E-state index in [1.165, 1.54) is 24.3 Å². The normalized spacial score (nSPS) is 12.5. The van der Waals surface area contributed by atoms with Crippen molar-refractivity contribution >= 4 is 143 Å². The molecule has 0 radical (unpaired) electrons. The first kappa shape index (κ1) is 73.1. The molecule has 2 heterocycles. The standard InChI is InChI=1S/C44H34Cl4N12O16S4.4Na/c1-5-75-29-15-23(17(3)7-25(29)57-59-35-31(79(69,70)71)11-19-9-21(77(63,64)65)13-27(33(19)37(35)61)49-43-53-39(45)51-40(46)54-43)24-16-30(76-6-2)26(8-18(24)4)58-60-36-32(80(72,73)74)12-20-10-22(78(66,67)68)14-28(34(20)38(36)62)50-44-55-41(47)52-42(48)56-44;;;;/h7-16,61-62H,5-6H2,1-4H3,(H,63,64,65)(H,66,67,68)(H,69,70,71)(H,72,73,74)(H,49,51,53,54)(H,50,52,55,56);;;;/q;4*+1/p-4. The first-order chi connectivity index (χ1) is 37.3. The largest absolute Gasteiger partial charge is 1.00 e. The molecular weight excluding hydrogens is 1310 g/mol. The SMILES string of the molecule is CCOc1cc(-c2cc(OCC)c(N=Nc3c(S(=O)(=O)O)cc4cc(S(=O)(=O)[O-])cc(N=c5nc(Cl)nc(Cl)[nH]5)c4c3[O-])cc2C)c(C)cc1N=Nc1c(S(=O)(=O)O)cc2cc(S(=O)(=O)[O-])cc(N=c3nc(Cl)nc(Cl)[nH]3)c2c1[O-].[Na+].[Na+].[Na+].[Na+]. The molecule has 0 atom stereocenters. The number of nitrogens with one attached hydrogen (secondary N) is 2. The smallest absolute Gasteiger partial charge is 0.870 e. The third-order valence-corrected chi connectivity index (χ3v) is 15.0. The molecule has 0 spiro atoms. The van der Waals surface area contributed by atoms with Crippen molar-refractivity contribution in [2.45, 2.75) is 47.3 Å². The number of rotatable bonds is 15. The third-order valence-electron chi connectivity index (χ3n) is 11.0. The van der Waals surface area contributed by atoms with Crippen LogP contribution in [-0.4, -0.2) is 95.0 Å². The van der Waals surface area contributed by atoms with E-state index >= 15 is 0 Å². The zero-order valence-corrected chi connectivity index (χ0v) is 58.7. The van der Waals surface area contributed by atoms with E-state index in [4.69, 9.17) is 55.9 Å². The summed E-state index contributed by atoms with van der Waals surface area (Å²) in [4.78, 5) is 23.7. The maximum absolute atomic E-state index is 14.3. The summed E-state index contributed by atoms with van der Waals surface area (Å²) in [5.74, 6) is -2.55. The van der Waals surface area contributed by atoms with Gasteiger partial charge < -0.3 is 28.8 Å². The fourth-order valence-corrected chi connectivity index (χ4v) is 10.9. The fourth-order valence-electron chi connectivity index (χ4n) is 7.74. The number of hydrogen-bond acceptors (Lipinski definition) is 24. The minimum Gasteiger partial charge on any atom is -0.870 e. The summed E-state index contributed by atoms with van der Waals surface area (Å²) in [5.41, 5.74) is -2.40. The van der Waals surface area contributed by atoms with Crippen molar-refractivity contribution in [1.29, 1.82) is 0 Å². The van der Waals surface area contributed by atoms with Crippen molar-refractivity contribution in [3.8, 4) is 34.1 Å². The number of halogens is 4. The summed E-state index contributed by atoms with van der Waals surface area (Å²) in [5, 5.41) is 41.2. The Morgan fingerprint density at radius 2 is 0.857 bits per heavy atom. The zero-order chi connectivity index (χ0) is 58.6. The summed E-state index contributed by atoms with van der Waals surface area (Å²) in [7, 11) is -21.3. The molecule has 84 heavy (non-hydrogen) atoms. The van der Waals surface area contributed by atoms with Gasteiger partial charge in [-0.2, -0.15) is 36.8 Å². The van der Waals surface area contributed by atoms with Crippen LogP contribution in [0.15, 0.2) is 111 Å². The molecule has 8 aromatic rings. The van der Waals surface area contributed by atoms with Crippen LogP contribution in [0.2, 0.25) is 21.1 Å². The van der Waals surface area contributed by atoms with E-state index < -0.39 is 138 Å². The molecule has 2 aromatic heterocycles. The average molecular weight is 1340 g/mol. The summed E-state index contributed by atoms with van der Waals surface area (Å²) in [6.07, 6.45) is 0. The Morgan fingerprint density at radius 1 is 0.512 bits per heavy atom. The molecule has 0 amide bonds. The van der Waals surface area contributed by atoms with Crippen molar-refractivity contribution in [3.63, 3.8) is 0 Å². The summed E-state index contributed by atoms with van der Waals surface area (Å²) in [6, 6.07) is 10.0. The summed E-state index contributed by atoms with van der Waals surface area (Å²) in [6.45, 7) is 6.51. The minimum absolute atomic E-state index is 0. The Morgan fingerprint density at radius 3 is 1.15 bits per heavy atom. The molecule has 0 saturated carbocycles. The Balaban J connectivity index is 0.00000378. The number of ether oxygens (including phenoxy) is 2. The van der Waals surface area contributed by atoms with Gasteiger partial charge in [-0.3, -0.25) is 19.1 Å². The number of hydrogen-bond donors (Lipinski definition) is 4. The molecule has 418 valence electrons. The van der Waals surface area contributed by atoms with E-state index in [2.05, 4.69) is 60.3 Å². The maximum Gasteiger partial charge on any atom is 1.00 e. The quantitative estimate of drug-likeness (QED) is 0.0428. The molecule has 40 heteroatoms. The fraction of sp³-hybridized carbons (Fsp3) is 0.136. The first-order valence-electron chi connectivity index (χ1n) is 21.9. The van der Waals surface area contributed by atoms with E-state index in [0.717, 1.165) is 0 Å². The van der Waals surface area contributed by atoms with Crippen molar-refractivity contribution in [2.24, 2.45) is 30.4 Å². The molecule has 8 rings (SSSR count). The van der Waals surface area contributed by atoms with Crippen molar-refractivity contribution in [2.75, 3.05) is 13.2 Å². The number of aromatic nitrogens is 6. The predicted molar refractivity (Wildman–Crippen MR) is 278 cm³/mol. The van der Waals surface area contributed by atoms with E-state index in [9.17, 15) is 62.1 Å². The first-order valence-corrected chi connectivity index (χ1v) is 29.1. The predicted octanol–water partition coefficient (Wildman–Crippen LogP) is -4.32. The van der Waals surface area contributed by atoms with Gasteiger partial charge in [-0.1, -0.05) is 11.5 Å². The minimum atomic E-state index is -5.36. The molecule has 28 nitrogen and oxygen atoms in total. The topological polar surface area (TPSA) is 445 Å². The molecule has 0 aliphatic heterocycles. The van der Waals surface area contributed by atoms with Crippen LogP contribution in [0.25, 0.3) is 32.7 Å². The van der Waals surface area contributed by atoms with Crippen LogP contribution >= 0.6 is 46.4 Å². The Hall–Kier alpha value is -3.34. The molecule has 0 bridgehead atoms. The number of azo groups is 2. The van der Waals surface area contributed by atoms with E-state index in [-0.39, 0.29) is 165 Å². The molecule has 0 aliphatic rings. The van der Waals surface area contributed by atoms with Crippen LogP contribution in [0, 0.1) is 13.8 Å². The maximum atomic E-state index is 14.3. The van der Waals surface area contributed by atoms with Crippen LogP contribution in [-0.2, 0) is 40.5 Å². The Bertz CT molecular complexity index is 4330. The van der Waals surface area contributed by atoms with Crippen LogP contribution < -0.4 is 149 Å². The summed E-state index contributed by atoms with van der Waals surface area (Å²) >= 11 is 23.7. The third kappa shape index (κ3) is 16.7. The number of nitrogens with zero attached hydrogens (tertiary/aromatic N) is 10. The van der Waals surface area contributed by atoms with Gasteiger partial charge in [-0.25, -0.2) is 26.8 Å². The summed E-state index contributed by atoms with van der Waals surface area (Å²) < 4.78 is 157. The number of aryl methyl sites for hydroxylation is 2. The molecule has 0 aliphatic carbocycles. The molecule has 6 aromatic carbocycles. The molecule has 0 fully saturated rings. The van der Waals surface area contributed by atoms with Crippen LogP contribution in [0.1, 0.15) is 25.0 Å². The van der Waals surface area contributed by atoms with E-state index in [1.54, 1.807) is 27.7 Å². The van der Waals surface area contributed by atoms with Crippen LogP contribution in [0.4, 0.5) is 34.1 Å². The van der Waals surface area contributed by atoms with Crippen molar-refractivity contribution in [3.05, 3.63) is 104 Å². The van der Waals surface area contributed by atoms with Crippen LogP contribution in [0.3, 0.4) is 0 Å². The van der Waals surface area contributed by atoms with Crippen LogP contribution in [0.5, 0.6) is 23.0 Å². The van der Waals surface area contributed by atoms with Gasteiger partial charge in [0.25, 0.3) is 20.2 Å². The average Bonchev–Trinajstić information content (AvgIpc) is 1.74. The van der Waals surface area contributed by atoms with Gasteiger partial charge in [0, 0.05) is 10.8 Å². The van der Waals surface area contributed by atoms with Gasteiger partial charge in [-0.05, 0) is 168 Å². The van der Waals surface area contributed by atoms with E-state index in [1.807, 2.05) is 0 Å². The van der Waals surface area contributed by atoms with Crippen molar-refractivity contribution < 1.29 is 190 Å². The van der Waals surface area contributed by atoms with Gasteiger partial charge in [0.15, 0.2) is 0 Å². The number of H-pyrrole nitrogens is 2. The van der Waals surface area contributed by atoms with E-state index in [0.29, 0.717) is 58.7 Å². The second-order valence-corrected chi connectivity index (χ2v) is 23.2. The Labute approximate surface area is 583 Å². The van der Waals surface area contributed by atoms with Gasteiger partial charge >= 0.3 is 118 Å². The zero-order valence-electron chi connectivity index (χ0n) is 44.4. The molecule has 4 N–H and O–H groups in total. The van der Waals surface area contributed by atoms with Gasteiger partial charge in [-0.15, -0.1) is 20.5 Å². The number of benzene rings is 6. The molecule has 0 saturated heterocycles. The second kappa shape index (κ2) is 28.9. The monoisotopic (exact) mass is 1340 g/mol. The van der Waals surface area contributed by atoms with Gasteiger partial charge in [0.2, 0.25) is 32.4 Å². The Kier molecular flexibility index (Phi) is 25.1. The molecule has 0 unspecified atom stereocenters. The van der Waals surface area contributed by atoms with Crippen molar-refractivity contribution in [1.82, 2.24) is 29.9 Å².